The Kier molecular flexibility index (Phi) is 3.25. The molecule has 0 aliphatic heterocycles. The number of carbonyl (C=O) groups is 1. The van der Waals surface area contributed by atoms with Crippen molar-refractivity contribution in [3.05, 3.63) is 29.8 Å². The Morgan fingerprint density at radius 3 is 2.14 bits per heavy atom. The molecule has 76 valence electrons. The van der Waals surface area contributed by atoms with Crippen LogP contribution in [0.3, 0.4) is 0 Å². The molecule has 0 fully saturated rings. The highest BCUT2D eigenvalue weighted by Gasteiger charge is 2.08. The van der Waals surface area contributed by atoms with E-state index in [1.807, 2.05) is 0 Å². The molecule has 0 amide bonds. The third-order valence-electron chi connectivity index (χ3n) is 1.56. The lowest BCUT2D eigenvalue weighted by Crippen LogP contribution is -1.99. The highest BCUT2D eigenvalue weighted by atomic mass is 35.5. The van der Waals surface area contributed by atoms with E-state index < -0.39 is 15.4 Å². The fourth-order valence-electron chi connectivity index (χ4n) is 0.940. The monoisotopic (exact) mass is 234 g/mol. The summed E-state index contributed by atoms with van der Waals surface area (Å²) in [5.41, 5.74) is 0.595. The summed E-state index contributed by atoms with van der Waals surface area (Å²) in [4.78, 5) is 10.3. The van der Waals surface area contributed by atoms with Crippen LogP contribution in [-0.2, 0) is 21.3 Å². The van der Waals surface area contributed by atoms with Crippen molar-refractivity contribution in [1.82, 2.24) is 0 Å². The summed E-state index contributed by atoms with van der Waals surface area (Å²) in [6.45, 7) is 0. The Labute approximate surface area is 86.3 Å². The van der Waals surface area contributed by atoms with Crippen molar-refractivity contribution < 1.29 is 17.8 Å². The van der Waals surface area contributed by atoms with Gasteiger partial charge in [0.2, 0.25) is 5.24 Å². The van der Waals surface area contributed by atoms with Crippen molar-refractivity contribution in [2.75, 3.05) is 0 Å². The first-order chi connectivity index (χ1) is 6.39. The maximum absolute atomic E-state index is 10.6. The lowest BCUT2D eigenvalue weighted by molar-refractivity contribution is -0.111. The second kappa shape index (κ2) is 4.08. The van der Waals surface area contributed by atoms with E-state index in [1.165, 1.54) is 24.3 Å². The number of rotatable bonds is 3. The van der Waals surface area contributed by atoms with Crippen LogP contribution in [0.15, 0.2) is 29.2 Å². The van der Waals surface area contributed by atoms with Crippen LogP contribution in [0.2, 0.25) is 0 Å². The molecule has 1 aromatic carbocycles. The van der Waals surface area contributed by atoms with Gasteiger partial charge in [0, 0.05) is 6.42 Å². The molecule has 1 rings (SSSR count). The quantitative estimate of drug-likeness (QED) is 0.631. The van der Waals surface area contributed by atoms with Gasteiger partial charge >= 0.3 is 0 Å². The zero-order valence-corrected chi connectivity index (χ0v) is 8.55. The van der Waals surface area contributed by atoms with Gasteiger partial charge in [-0.2, -0.15) is 8.42 Å². The van der Waals surface area contributed by atoms with Crippen LogP contribution >= 0.6 is 11.6 Å². The molecule has 4 nitrogen and oxygen atoms in total. The summed E-state index contributed by atoms with van der Waals surface area (Å²) in [7, 11) is -4.17. The van der Waals surface area contributed by atoms with E-state index in [0.717, 1.165) is 0 Å². The predicted molar refractivity (Wildman–Crippen MR) is 50.8 cm³/mol. The average Bonchev–Trinajstić information content (AvgIpc) is 2.02. The highest BCUT2D eigenvalue weighted by Crippen LogP contribution is 2.10. The van der Waals surface area contributed by atoms with E-state index in [2.05, 4.69) is 0 Å². The van der Waals surface area contributed by atoms with Gasteiger partial charge in [0.15, 0.2) is 0 Å². The van der Waals surface area contributed by atoms with Crippen molar-refractivity contribution in [3.63, 3.8) is 0 Å². The predicted octanol–water partition coefficient (Wildman–Crippen LogP) is 1.24. The topological polar surface area (TPSA) is 71.4 Å². The molecular weight excluding hydrogens is 228 g/mol. The molecule has 0 atom stereocenters. The molecule has 0 heterocycles. The van der Waals surface area contributed by atoms with Gasteiger partial charge in [-0.15, -0.1) is 0 Å². The summed E-state index contributed by atoms with van der Waals surface area (Å²) in [6.07, 6.45) is 0.0350. The Balaban J connectivity index is 2.95. The molecular formula is C8H7ClO4S. The molecule has 0 saturated heterocycles. The fourth-order valence-corrected chi connectivity index (χ4v) is 1.57. The highest BCUT2D eigenvalue weighted by molar-refractivity contribution is 7.85. The molecule has 0 aromatic heterocycles. The minimum absolute atomic E-state index is 0.0350. The fraction of sp³-hybridized carbons (Fsp3) is 0.125. The van der Waals surface area contributed by atoms with Crippen molar-refractivity contribution >= 4 is 27.0 Å². The third-order valence-corrected chi connectivity index (χ3v) is 2.57. The van der Waals surface area contributed by atoms with Crippen molar-refractivity contribution in [1.29, 1.82) is 0 Å². The number of carbonyl (C=O) groups excluding carboxylic acids is 1. The normalized spacial score (nSPS) is 11.3. The van der Waals surface area contributed by atoms with E-state index in [9.17, 15) is 13.2 Å². The van der Waals surface area contributed by atoms with Crippen molar-refractivity contribution in [2.45, 2.75) is 11.3 Å². The second-order valence-corrected chi connectivity index (χ2v) is 4.49. The first-order valence-corrected chi connectivity index (χ1v) is 5.46. The van der Waals surface area contributed by atoms with E-state index in [-0.39, 0.29) is 11.3 Å². The Morgan fingerprint density at radius 1 is 1.29 bits per heavy atom. The third kappa shape index (κ3) is 3.10. The molecule has 6 heteroatoms. The Hall–Kier alpha value is -0.910. The van der Waals surface area contributed by atoms with Gasteiger partial charge in [-0.3, -0.25) is 9.35 Å². The van der Waals surface area contributed by atoms with Gasteiger partial charge in [0.1, 0.15) is 0 Å². The van der Waals surface area contributed by atoms with E-state index >= 15 is 0 Å². The zero-order valence-electron chi connectivity index (χ0n) is 6.97. The number of halogens is 1. The molecule has 1 N–H and O–H groups in total. The van der Waals surface area contributed by atoms with Crippen molar-refractivity contribution in [3.8, 4) is 0 Å². The summed E-state index contributed by atoms with van der Waals surface area (Å²) in [5, 5.41) is -0.524. The Bertz CT molecular complexity index is 435. The summed E-state index contributed by atoms with van der Waals surface area (Å²) in [5.74, 6) is 0. The number of hydrogen-bond donors (Lipinski definition) is 1. The molecule has 0 spiro atoms. The van der Waals surface area contributed by atoms with Gasteiger partial charge in [0.05, 0.1) is 4.90 Å². The van der Waals surface area contributed by atoms with Gasteiger partial charge in [-0.05, 0) is 29.3 Å². The Morgan fingerprint density at radius 2 is 1.79 bits per heavy atom. The SMILES string of the molecule is O=C(Cl)Cc1ccc(S(=O)(=O)O)cc1. The van der Waals surface area contributed by atoms with E-state index in [1.54, 1.807) is 0 Å². The molecule has 0 radical (unpaired) electrons. The van der Waals surface area contributed by atoms with Gasteiger partial charge < -0.3 is 0 Å². The molecule has 14 heavy (non-hydrogen) atoms. The summed E-state index contributed by atoms with van der Waals surface area (Å²) < 4.78 is 29.9. The number of benzene rings is 1. The van der Waals surface area contributed by atoms with Gasteiger partial charge in [-0.25, -0.2) is 0 Å². The van der Waals surface area contributed by atoms with Crippen LogP contribution in [0.5, 0.6) is 0 Å². The molecule has 0 bridgehead atoms. The zero-order chi connectivity index (χ0) is 10.8. The number of hydrogen-bond acceptors (Lipinski definition) is 3. The first kappa shape index (κ1) is 11.2. The summed E-state index contributed by atoms with van der Waals surface area (Å²) >= 11 is 5.14. The minimum Gasteiger partial charge on any atom is -0.282 e. The van der Waals surface area contributed by atoms with E-state index in [0.29, 0.717) is 5.56 Å². The van der Waals surface area contributed by atoms with Gasteiger partial charge in [0.25, 0.3) is 10.1 Å². The lowest BCUT2D eigenvalue weighted by Gasteiger charge is -1.98. The van der Waals surface area contributed by atoms with E-state index in [4.69, 9.17) is 16.2 Å². The van der Waals surface area contributed by atoms with Crippen LogP contribution < -0.4 is 0 Å². The summed E-state index contributed by atoms with van der Waals surface area (Å²) in [6, 6.07) is 5.27. The molecule has 0 aliphatic rings. The first-order valence-electron chi connectivity index (χ1n) is 3.64. The molecule has 0 aliphatic carbocycles. The standard InChI is InChI=1S/C8H7ClO4S/c9-8(10)5-6-1-3-7(4-2-6)14(11,12)13/h1-4H,5H2,(H,11,12,13). The van der Waals surface area contributed by atoms with Crippen LogP contribution in [-0.4, -0.2) is 18.2 Å². The maximum atomic E-state index is 10.6. The average molecular weight is 235 g/mol. The second-order valence-electron chi connectivity index (χ2n) is 2.65. The van der Waals surface area contributed by atoms with Crippen molar-refractivity contribution in [2.24, 2.45) is 0 Å². The van der Waals surface area contributed by atoms with Gasteiger partial charge in [-0.1, -0.05) is 12.1 Å². The molecule has 0 saturated carbocycles. The lowest BCUT2D eigenvalue weighted by atomic mass is 10.2. The van der Waals surface area contributed by atoms with Crippen LogP contribution in [0.1, 0.15) is 5.56 Å². The molecule has 1 aromatic rings. The van der Waals surface area contributed by atoms with Crippen LogP contribution in [0.4, 0.5) is 0 Å². The van der Waals surface area contributed by atoms with Crippen LogP contribution in [0.25, 0.3) is 0 Å². The largest absolute Gasteiger partial charge is 0.294 e. The molecule has 0 unspecified atom stereocenters. The maximum Gasteiger partial charge on any atom is 0.294 e. The van der Waals surface area contributed by atoms with Crippen LogP contribution in [0, 0.1) is 0 Å². The minimum atomic E-state index is -4.17. The smallest absolute Gasteiger partial charge is 0.282 e.